The van der Waals surface area contributed by atoms with E-state index in [0.717, 1.165) is 31.5 Å². The van der Waals surface area contributed by atoms with Gasteiger partial charge < -0.3 is 9.64 Å². The van der Waals surface area contributed by atoms with E-state index in [2.05, 4.69) is 4.90 Å². The Morgan fingerprint density at radius 1 is 1.29 bits per heavy atom. The molecule has 1 atom stereocenters. The molecule has 0 saturated carbocycles. The molecular weight excluding hydrogens is 268 g/mol. The molecule has 1 fully saturated rings. The summed E-state index contributed by atoms with van der Waals surface area (Å²) in [7, 11) is 3.58. The highest BCUT2D eigenvalue weighted by Gasteiger charge is 2.30. The fourth-order valence-corrected chi connectivity index (χ4v) is 2.79. The molecule has 2 rings (SSSR count). The number of hydrogen-bond acceptors (Lipinski definition) is 4. The molecule has 1 aliphatic heterocycles. The lowest BCUT2D eigenvalue weighted by Crippen LogP contribution is -2.42. The van der Waals surface area contributed by atoms with E-state index in [4.69, 9.17) is 4.74 Å². The lowest BCUT2D eigenvalue weighted by molar-refractivity contribution is -0.148. The molecule has 21 heavy (non-hydrogen) atoms. The Morgan fingerprint density at radius 3 is 2.43 bits per heavy atom. The van der Waals surface area contributed by atoms with Gasteiger partial charge in [-0.1, -0.05) is 30.3 Å². The number of benzene rings is 1. The van der Waals surface area contributed by atoms with Crippen LogP contribution >= 0.6 is 0 Å². The molecule has 1 saturated heterocycles. The van der Waals surface area contributed by atoms with Gasteiger partial charge in [-0.2, -0.15) is 0 Å². The van der Waals surface area contributed by atoms with Crippen LogP contribution in [-0.4, -0.2) is 49.4 Å². The monoisotopic (exact) mass is 290 g/mol. The third kappa shape index (κ3) is 3.82. The number of ether oxygens (including phenoxy) is 1. The van der Waals surface area contributed by atoms with Gasteiger partial charge in [0.1, 0.15) is 0 Å². The average molecular weight is 290 g/mol. The predicted octanol–water partition coefficient (Wildman–Crippen LogP) is 1.66. The van der Waals surface area contributed by atoms with Gasteiger partial charge in [0.05, 0.1) is 0 Å². The summed E-state index contributed by atoms with van der Waals surface area (Å²) in [6.07, 6.45) is 1.23. The lowest BCUT2D eigenvalue weighted by atomic mass is 9.95. The Labute approximate surface area is 125 Å². The van der Waals surface area contributed by atoms with Gasteiger partial charge >= 0.3 is 0 Å². The van der Waals surface area contributed by atoms with Crippen molar-refractivity contribution in [2.75, 3.05) is 27.2 Å². The van der Waals surface area contributed by atoms with Crippen molar-refractivity contribution in [2.45, 2.75) is 19.1 Å². The quantitative estimate of drug-likeness (QED) is 0.774. The Hall–Kier alpha value is -1.88. The minimum Gasteiger partial charge on any atom is -0.444 e. The van der Waals surface area contributed by atoms with E-state index in [9.17, 15) is 9.59 Å². The Balaban J connectivity index is 2.01. The number of piperidine rings is 1. The van der Waals surface area contributed by atoms with Crippen molar-refractivity contribution in [3.8, 4) is 0 Å². The summed E-state index contributed by atoms with van der Waals surface area (Å²) in [6.45, 7) is 1.99. The van der Waals surface area contributed by atoms with Crippen LogP contribution in [0.25, 0.3) is 0 Å². The van der Waals surface area contributed by atoms with Gasteiger partial charge in [0, 0.05) is 38.7 Å². The smallest absolute Gasteiger partial charge is 0.294 e. The first kappa shape index (κ1) is 15.5. The molecule has 0 radical (unpaired) electrons. The summed E-state index contributed by atoms with van der Waals surface area (Å²) < 4.78 is 5.26. The fraction of sp³-hybridized carbons (Fsp3) is 0.500. The van der Waals surface area contributed by atoms with Crippen LogP contribution in [0, 0.1) is 5.92 Å². The van der Waals surface area contributed by atoms with Crippen molar-refractivity contribution < 1.29 is 14.3 Å². The summed E-state index contributed by atoms with van der Waals surface area (Å²) in [6, 6.07) is 9.69. The Morgan fingerprint density at radius 2 is 1.90 bits per heavy atom. The third-order valence-corrected chi connectivity index (χ3v) is 3.92. The molecule has 0 aliphatic carbocycles. The number of rotatable bonds is 5. The van der Waals surface area contributed by atoms with Crippen molar-refractivity contribution >= 4 is 12.4 Å². The van der Waals surface area contributed by atoms with E-state index in [1.165, 1.54) is 0 Å². The topological polar surface area (TPSA) is 49.9 Å². The molecule has 1 heterocycles. The highest BCUT2D eigenvalue weighted by molar-refractivity contribution is 5.78. The van der Waals surface area contributed by atoms with E-state index >= 15 is 0 Å². The number of amides is 1. The van der Waals surface area contributed by atoms with Crippen LogP contribution in [-0.2, 0) is 14.3 Å². The molecule has 114 valence electrons. The second-order valence-corrected chi connectivity index (χ2v) is 5.54. The Kier molecular flexibility index (Phi) is 5.33. The molecule has 0 aromatic heterocycles. The first-order valence-corrected chi connectivity index (χ1v) is 7.22. The first-order chi connectivity index (χ1) is 10.1. The first-order valence-electron chi connectivity index (χ1n) is 7.22. The van der Waals surface area contributed by atoms with Crippen molar-refractivity contribution in [2.24, 2.45) is 5.92 Å². The molecule has 1 aromatic rings. The van der Waals surface area contributed by atoms with Crippen LogP contribution in [0.15, 0.2) is 30.3 Å². The van der Waals surface area contributed by atoms with Gasteiger partial charge in [0.25, 0.3) is 6.47 Å². The molecule has 1 aromatic carbocycles. The second kappa shape index (κ2) is 7.22. The van der Waals surface area contributed by atoms with Crippen molar-refractivity contribution in [1.29, 1.82) is 0 Å². The van der Waals surface area contributed by atoms with E-state index in [1.807, 2.05) is 30.3 Å². The van der Waals surface area contributed by atoms with Crippen molar-refractivity contribution in [3.05, 3.63) is 35.9 Å². The number of carbonyl (C=O) groups is 2. The molecule has 0 spiro atoms. The zero-order valence-corrected chi connectivity index (χ0v) is 12.6. The highest BCUT2D eigenvalue weighted by Crippen LogP contribution is 2.28. The van der Waals surface area contributed by atoms with Gasteiger partial charge in [-0.25, -0.2) is 0 Å². The molecule has 1 unspecified atom stereocenters. The fourth-order valence-electron chi connectivity index (χ4n) is 2.79. The minimum atomic E-state index is -0.362. The van der Waals surface area contributed by atoms with Gasteiger partial charge in [-0.15, -0.1) is 0 Å². The van der Waals surface area contributed by atoms with Gasteiger partial charge in [0.2, 0.25) is 5.91 Å². The normalized spacial score (nSPS) is 18.0. The van der Waals surface area contributed by atoms with Crippen LogP contribution in [0.1, 0.15) is 24.6 Å². The van der Waals surface area contributed by atoms with Crippen LogP contribution in [0.3, 0.4) is 0 Å². The summed E-state index contributed by atoms with van der Waals surface area (Å²) in [5, 5.41) is 0. The summed E-state index contributed by atoms with van der Waals surface area (Å²) in [5.41, 5.74) is 0.960. The van der Waals surface area contributed by atoms with Crippen molar-refractivity contribution in [1.82, 2.24) is 9.80 Å². The highest BCUT2D eigenvalue weighted by atomic mass is 16.5. The van der Waals surface area contributed by atoms with Crippen LogP contribution in [0.2, 0.25) is 0 Å². The van der Waals surface area contributed by atoms with Crippen LogP contribution in [0.4, 0.5) is 0 Å². The number of carbonyl (C=O) groups excluding carboxylic acids is 2. The lowest BCUT2D eigenvalue weighted by Gasteiger charge is -2.36. The second-order valence-electron chi connectivity index (χ2n) is 5.54. The number of likely N-dealkylation sites (tertiary alicyclic amines) is 1. The average Bonchev–Trinajstić information content (AvgIpc) is 2.53. The molecule has 0 N–H and O–H groups in total. The molecule has 5 nitrogen and oxygen atoms in total. The maximum Gasteiger partial charge on any atom is 0.294 e. The SMILES string of the molecule is CN(C)C(=O)C1CCN(C(OC=O)c2ccccc2)CC1. The predicted molar refractivity (Wildman–Crippen MR) is 79.3 cm³/mol. The van der Waals surface area contributed by atoms with E-state index < -0.39 is 0 Å². The van der Waals surface area contributed by atoms with Gasteiger partial charge in [0.15, 0.2) is 6.23 Å². The van der Waals surface area contributed by atoms with Gasteiger partial charge in [-0.05, 0) is 12.8 Å². The maximum atomic E-state index is 12.0. The van der Waals surface area contributed by atoms with Crippen LogP contribution < -0.4 is 0 Å². The number of hydrogen-bond donors (Lipinski definition) is 0. The zero-order valence-electron chi connectivity index (χ0n) is 12.6. The van der Waals surface area contributed by atoms with Crippen molar-refractivity contribution in [3.63, 3.8) is 0 Å². The maximum absolute atomic E-state index is 12.0. The molecule has 0 bridgehead atoms. The molecule has 1 amide bonds. The van der Waals surface area contributed by atoms with Crippen LogP contribution in [0.5, 0.6) is 0 Å². The molecular formula is C16H22N2O3. The number of nitrogens with zero attached hydrogens (tertiary/aromatic N) is 2. The summed E-state index contributed by atoms with van der Waals surface area (Å²) in [5.74, 6) is 0.256. The molecule has 5 heteroatoms. The summed E-state index contributed by atoms with van der Waals surface area (Å²) >= 11 is 0. The standard InChI is InChI=1S/C16H22N2O3/c1-17(2)15(20)13-8-10-18(11-9-13)16(21-12-19)14-6-4-3-5-7-14/h3-7,12-13,16H,8-11H2,1-2H3. The summed E-state index contributed by atoms with van der Waals surface area (Å²) in [4.78, 5) is 26.5. The van der Waals surface area contributed by atoms with E-state index in [0.29, 0.717) is 6.47 Å². The zero-order chi connectivity index (χ0) is 15.2. The molecule has 1 aliphatic rings. The minimum absolute atomic E-state index is 0.0731. The third-order valence-electron chi connectivity index (χ3n) is 3.92. The van der Waals surface area contributed by atoms with Gasteiger partial charge in [-0.3, -0.25) is 14.5 Å². The largest absolute Gasteiger partial charge is 0.444 e. The van der Waals surface area contributed by atoms with E-state index in [-0.39, 0.29) is 18.1 Å². The Bertz CT molecular complexity index is 468. The van der Waals surface area contributed by atoms with E-state index in [1.54, 1.807) is 19.0 Å².